The summed E-state index contributed by atoms with van der Waals surface area (Å²) in [6.45, 7) is 4.03. The number of hydrogen-bond donors (Lipinski definition) is 2. The van der Waals surface area contributed by atoms with Crippen LogP contribution in [0.4, 0.5) is 0 Å². The number of aromatic hydroxyl groups is 1. The molecule has 1 aromatic carbocycles. The van der Waals surface area contributed by atoms with Gasteiger partial charge in [0.1, 0.15) is 5.75 Å². The van der Waals surface area contributed by atoms with Gasteiger partial charge in [-0.05, 0) is 49.4 Å². The second-order valence-corrected chi connectivity index (χ2v) is 4.61. The predicted octanol–water partition coefficient (Wildman–Crippen LogP) is 2.82. The summed E-state index contributed by atoms with van der Waals surface area (Å²) in [5.41, 5.74) is 2.15. The Labute approximate surface area is 95.3 Å². The highest BCUT2D eigenvalue weighted by atomic mass is 35.5. The second kappa shape index (κ2) is 4.42. The molecule has 1 heterocycles. The van der Waals surface area contributed by atoms with Crippen molar-refractivity contribution in [1.82, 2.24) is 5.32 Å². The van der Waals surface area contributed by atoms with Crippen molar-refractivity contribution < 1.29 is 5.11 Å². The molecule has 15 heavy (non-hydrogen) atoms. The quantitative estimate of drug-likeness (QED) is 0.771. The number of nitrogens with one attached hydrogen (secondary N) is 1. The Bertz CT molecular complexity index is 359. The van der Waals surface area contributed by atoms with Crippen LogP contribution in [-0.2, 0) is 0 Å². The van der Waals surface area contributed by atoms with Crippen LogP contribution in [0.3, 0.4) is 0 Å². The molecule has 1 atom stereocenters. The van der Waals surface area contributed by atoms with E-state index in [0.717, 1.165) is 30.6 Å². The minimum absolute atomic E-state index is 0.206. The van der Waals surface area contributed by atoms with Gasteiger partial charge >= 0.3 is 0 Å². The molecule has 1 aliphatic rings. The van der Waals surface area contributed by atoms with E-state index >= 15 is 0 Å². The van der Waals surface area contributed by atoms with Crippen LogP contribution in [0.15, 0.2) is 12.1 Å². The lowest BCUT2D eigenvalue weighted by Gasteiger charge is -2.24. The summed E-state index contributed by atoms with van der Waals surface area (Å²) in [5, 5.41) is 13.5. The zero-order valence-electron chi connectivity index (χ0n) is 8.89. The summed E-state index contributed by atoms with van der Waals surface area (Å²) in [6, 6.07) is 3.79. The molecule has 1 saturated heterocycles. The van der Waals surface area contributed by atoms with Gasteiger partial charge in [-0.15, -0.1) is 0 Å². The summed E-state index contributed by atoms with van der Waals surface area (Å²) >= 11 is 6.12. The zero-order valence-corrected chi connectivity index (χ0v) is 9.64. The van der Waals surface area contributed by atoms with E-state index in [-0.39, 0.29) is 5.75 Å². The van der Waals surface area contributed by atoms with Crippen LogP contribution in [0.2, 0.25) is 5.02 Å². The van der Waals surface area contributed by atoms with Gasteiger partial charge in [0.05, 0.1) is 5.02 Å². The Morgan fingerprint density at radius 3 is 2.93 bits per heavy atom. The summed E-state index contributed by atoms with van der Waals surface area (Å²) in [5.74, 6) is 0.647. The smallest absolute Gasteiger partial charge is 0.134 e. The summed E-state index contributed by atoms with van der Waals surface area (Å²) in [7, 11) is 0. The number of piperidine rings is 1. The van der Waals surface area contributed by atoms with Crippen molar-refractivity contribution in [2.75, 3.05) is 13.1 Å². The number of phenols is 1. The molecule has 0 amide bonds. The monoisotopic (exact) mass is 225 g/mol. The first-order valence-corrected chi connectivity index (χ1v) is 5.76. The number of aryl methyl sites for hydroxylation is 1. The number of halogens is 1. The molecule has 82 valence electrons. The molecule has 2 N–H and O–H groups in total. The highest BCUT2D eigenvalue weighted by Crippen LogP contribution is 2.35. The van der Waals surface area contributed by atoms with Crippen molar-refractivity contribution in [2.24, 2.45) is 0 Å². The van der Waals surface area contributed by atoms with Crippen molar-refractivity contribution >= 4 is 11.6 Å². The number of hydrogen-bond acceptors (Lipinski definition) is 2. The molecule has 1 aliphatic heterocycles. The van der Waals surface area contributed by atoms with E-state index in [1.54, 1.807) is 6.07 Å². The molecule has 0 saturated carbocycles. The molecular weight excluding hydrogens is 210 g/mol. The number of benzene rings is 1. The highest BCUT2D eigenvalue weighted by Gasteiger charge is 2.19. The third kappa shape index (κ3) is 2.27. The van der Waals surface area contributed by atoms with Gasteiger partial charge in [-0.1, -0.05) is 17.7 Å². The third-order valence-corrected chi connectivity index (χ3v) is 3.37. The van der Waals surface area contributed by atoms with Gasteiger partial charge in [0, 0.05) is 6.54 Å². The van der Waals surface area contributed by atoms with Crippen LogP contribution < -0.4 is 5.32 Å². The van der Waals surface area contributed by atoms with Crippen LogP contribution in [0.5, 0.6) is 5.75 Å². The molecule has 1 fully saturated rings. The minimum atomic E-state index is 0.206. The number of rotatable bonds is 1. The topological polar surface area (TPSA) is 32.3 Å². The average Bonchev–Trinajstić information content (AvgIpc) is 2.24. The summed E-state index contributed by atoms with van der Waals surface area (Å²) in [6.07, 6.45) is 2.32. The van der Waals surface area contributed by atoms with Crippen LogP contribution in [-0.4, -0.2) is 18.2 Å². The molecule has 2 nitrogen and oxygen atoms in total. The van der Waals surface area contributed by atoms with Crippen LogP contribution in [0.1, 0.15) is 29.9 Å². The zero-order chi connectivity index (χ0) is 10.8. The van der Waals surface area contributed by atoms with E-state index in [0.29, 0.717) is 10.9 Å². The molecule has 0 spiro atoms. The lowest BCUT2D eigenvalue weighted by atomic mass is 9.90. The number of phenolic OH excluding ortho intramolecular Hbond substituents is 1. The van der Waals surface area contributed by atoms with Crippen LogP contribution in [0.25, 0.3) is 0 Å². The standard InChI is InChI=1S/C12H16ClNO/c1-8-5-10(12(13)11(15)6-8)9-3-2-4-14-7-9/h5-6,9,14-15H,2-4,7H2,1H3. The summed E-state index contributed by atoms with van der Waals surface area (Å²) in [4.78, 5) is 0. The van der Waals surface area contributed by atoms with E-state index in [2.05, 4.69) is 11.4 Å². The van der Waals surface area contributed by atoms with Gasteiger partial charge in [-0.25, -0.2) is 0 Å². The molecule has 0 bridgehead atoms. The molecule has 3 heteroatoms. The van der Waals surface area contributed by atoms with E-state index in [1.165, 1.54) is 6.42 Å². The molecule has 2 rings (SSSR count). The van der Waals surface area contributed by atoms with E-state index in [1.807, 2.05) is 6.92 Å². The fraction of sp³-hybridized carbons (Fsp3) is 0.500. The van der Waals surface area contributed by atoms with E-state index < -0.39 is 0 Å². The minimum Gasteiger partial charge on any atom is -0.506 e. The Morgan fingerprint density at radius 1 is 1.47 bits per heavy atom. The van der Waals surface area contributed by atoms with Gasteiger partial charge in [-0.2, -0.15) is 0 Å². The second-order valence-electron chi connectivity index (χ2n) is 4.23. The Kier molecular flexibility index (Phi) is 3.17. The fourth-order valence-electron chi connectivity index (χ4n) is 2.19. The Balaban J connectivity index is 2.33. The maximum absolute atomic E-state index is 9.66. The lowest BCUT2D eigenvalue weighted by Crippen LogP contribution is -2.28. The van der Waals surface area contributed by atoms with E-state index in [4.69, 9.17) is 11.6 Å². The largest absolute Gasteiger partial charge is 0.506 e. The molecule has 1 aromatic rings. The molecular formula is C12H16ClNO. The first kappa shape index (κ1) is 10.8. The first-order chi connectivity index (χ1) is 7.18. The summed E-state index contributed by atoms with van der Waals surface area (Å²) < 4.78 is 0. The van der Waals surface area contributed by atoms with E-state index in [9.17, 15) is 5.11 Å². The molecule has 0 radical (unpaired) electrons. The van der Waals surface area contributed by atoms with Crippen LogP contribution >= 0.6 is 11.6 Å². The normalized spacial score (nSPS) is 21.6. The van der Waals surface area contributed by atoms with Gasteiger partial charge in [0.25, 0.3) is 0 Å². The predicted molar refractivity (Wildman–Crippen MR) is 62.7 cm³/mol. The van der Waals surface area contributed by atoms with Crippen molar-refractivity contribution in [3.63, 3.8) is 0 Å². The van der Waals surface area contributed by atoms with Crippen molar-refractivity contribution in [3.8, 4) is 5.75 Å². The van der Waals surface area contributed by atoms with Crippen LogP contribution in [0, 0.1) is 6.92 Å². The highest BCUT2D eigenvalue weighted by molar-refractivity contribution is 6.32. The van der Waals surface area contributed by atoms with Gasteiger partial charge in [0.2, 0.25) is 0 Å². The van der Waals surface area contributed by atoms with Gasteiger partial charge < -0.3 is 10.4 Å². The first-order valence-electron chi connectivity index (χ1n) is 5.38. The van der Waals surface area contributed by atoms with Gasteiger partial charge in [0.15, 0.2) is 0 Å². The molecule has 0 aromatic heterocycles. The maximum atomic E-state index is 9.66. The van der Waals surface area contributed by atoms with Crippen molar-refractivity contribution in [1.29, 1.82) is 0 Å². The Morgan fingerprint density at radius 2 is 2.27 bits per heavy atom. The average molecular weight is 226 g/mol. The Hall–Kier alpha value is -0.730. The fourth-order valence-corrected chi connectivity index (χ4v) is 2.45. The van der Waals surface area contributed by atoms with Crippen molar-refractivity contribution in [2.45, 2.75) is 25.7 Å². The maximum Gasteiger partial charge on any atom is 0.134 e. The molecule has 1 unspecified atom stereocenters. The van der Waals surface area contributed by atoms with Gasteiger partial charge in [-0.3, -0.25) is 0 Å². The lowest BCUT2D eigenvalue weighted by molar-refractivity contribution is 0.452. The SMILES string of the molecule is Cc1cc(O)c(Cl)c(C2CCCNC2)c1. The van der Waals surface area contributed by atoms with Crippen molar-refractivity contribution in [3.05, 3.63) is 28.3 Å². The third-order valence-electron chi connectivity index (χ3n) is 2.96. The molecule has 0 aliphatic carbocycles.